The van der Waals surface area contributed by atoms with Crippen molar-refractivity contribution in [3.8, 4) is 23.4 Å². The minimum Gasteiger partial charge on any atom is -0.274 e. The van der Waals surface area contributed by atoms with Gasteiger partial charge in [0.05, 0.1) is 5.56 Å². The van der Waals surface area contributed by atoms with Crippen LogP contribution in [0.25, 0.3) is 17.3 Å². The molecule has 0 aliphatic rings. The van der Waals surface area contributed by atoms with Crippen molar-refractivity contribution >= 4 is 11.6 Å². The SMILES string of the molecule is N#Cc1cncc(-c2nc(Cl)nc(-n3ccnc3)n2)c1. The molecule has 96 valence electrons. The summed E-state index contributed by atoms with van der Waals surface area (Å²) in [4.78, 5) is 20.3. The number of hydrogen-bond acceptors (Lipinski definition) is 6. The molecule has 8 heteroatoms. The number of halogens is 1. The molecule has 0 N–H and O–H groups in total. The zero-order valence-electron chi connectivity index (χ0n) is 9.97. The van der Waals surface area contributed by atoms with Crippen LogP contribution in [-0.4, -0.2) is 29.5 Å². The van der Waals surface area contributed by atoms with Crippen LogP contribution in [0.1, 0.15) is 5.56 Å². The van der Waals surface area contributed by atoms with E-state index in [2.05, 4.69) is 24.9 Å². The van der Waals surface area contributed by atoms with Crippen LogP contribution in [0.15, 0.2) is 37.2 Å². The molecule has 0 saturated carbocycles. The van der Waals surface area contributed by atoms with Crippen LogP contribution in [0.4, 0.5) is 0 Å². The third kappa shape index (κ3) is 2.32. The van der Waals surface area contributed by atoms with Gasteiger partial charge in [0, 0.05) is 30.4 Å². The van der Waals surface area contributed by atoms with Gasteiger partial charge in [-0.2, -0.15) is 20.2 Å². The molecular weight excluding hydrogens is 278 g/mol. The first-order chi connectivity index (χ1) is 9.76. The van der Waals surface area contributed by atoms with Gasteiger partial charge in [-0.25, -0.2) is 4.98 Å². The van der Waals surface area contributed by atoms with E-state index in [9.17, 15) is 0 Å². The largest absolute Gasteiger partial charge is 0.274 e. The molecule has 3 aromatic rings. The summed E-state index contributed by atoms with van der Waals surface area (Å²) in [5, 5.41) is 8.94. The second kappa shape index (κ2) is 5.03. The van der Waals surface area contributed by atoms with E-state index in [1.807, 2.05) is 6.07 Å². The van der Waals surface area contributed by atoms with Crippen LogP contribution in [0.5, 0.6) is 0 Å². The lowest BCUT2D eigenvalue weighted by Crippen LogP contribution is -2.03. The van der Waals surface area contributed by atoms with Gasteiger partial charge in [-0.1, -0.05) is 0 Å². The van der Waals surface area contributed by atoms with Crippen molar-refractivity contribution < 1.29 is 0 Å². The van der Waals surface area contributed by atoms with E-state index in [0.29, 0.717) is 22.9 Å². The fourth-order valence-electron chi connectivity index (χ4n) is 1.58. The van der Waals surface area contributed by atoms with Crippen molar-refractivity contribution in [2.45, 2.75) is 0 Å². The Labute approximate surface area is 118 Å². The topological polar surface area (TPSA) is 93.2 Å². The Bertz CT molecular complexity index is 792. The predicted octanol–water partition coefficient (Wildman–Crippen LogP) is 1.64. The molecular formula is C12H6ClN7. The van der Waals surface area contributed by atoms with Crippen molar-refractivity contribution in [3.05, 3.63) is 48.0 Å². The molecule has 0 saturated heterocycles. The molecule has 7 nitrogen and oxygen atoms in total. The first-order valence-electron chi connectivity index (χ1n) is 5.52. The Hall–Kier alpha value is -2.85. The number of rotatable bonds is 2. The number of aromatic nitrogens is 6. The molecule has 0 amide bonds. The third-order valence-corrected chi connectivity index (χ3v) is 2.63. The monoisotopic (exact) mass is 283 g/mol. The van der Waals surface area contributed by atoms with E-state index >= 15 is 0 Å². The van der Waals surface area contributed by atoms with Gasteiger partial charge in [-0.3, -0.25) is 9.55 Å². The fraction of sp³-hybridized carbons (Fsp3) is 0. The first-order valence-corrected chi connectivity index (χ1v) is 5.89. The number of hydrogen-bond donors (Lipinski definition) is 0. The second-order valence-electron chi connectivity index (χ2n) is 3.77. The highest BCUT2D eigenvalue weighted by atomic mass is 35.5. The van der Waals surface area contributed by atoms with Crippen LogP contribution in [0.3, 0.4) is 0 Å². The Morgan fingerprint density at radius 1 is 1.15 bits per heavy atom. The summed E-state index contributed by atoms with van der Waals surface area (Å²) in [5.41, 5.74) is 1.01. The average molecular weight is 284 g/mol. The molecule has 3 aromatic heterocycles. The number of nitrogens with zero attached hydrogens (tertiary/aromatic N) is 7. The maximum absolute atomic E-state index is 8.89. The summed E-state index contributed by atoms with van der Waals surface area (Å²) in [5.74, 6) is 0.693. The van der Waals surface area contributed by atoms with Gasteiger partial charge in [0.2, 0.25) is 11.2 Å². The number of nitriles is 1. The van der Waals surface area contributed by atoms with Crippen LogP contribution < -0.4 is 0 Å². The first kappa shape index (κ1) is 12.2. The molecule has 3 rings (SSSR count). The van der Waals surface area contributed by atoms with E-state index in [0.717, 1.165) is 0 Å². The van der Waals surface area contributed by atoms with E-state index in [1.165, 1.54) is 6.20 Å². The summed E-state index contributed by atoms with van der Waals surface area (Å²) >= 11 is 5.91. The molecule has 0 fully saturated rings. The van der Waals surface area contributed by atoms with Crippen LogP contribution >= 0.6 is 11.6 Å². The molecule has 20 heavy (non-hydrogen) atoms. The van der Waals surface area contributed by atoms with Gasteiger partial charge in [-0.05, 0) is 17.7 Å². The Morgan fingerprint density at radius 3 is 2.80 bits per heavy atom. The van der Waals surface area contributed by atoms with Gasteiger partial charge in [-0.15, -0.1) is 0 Å². The van der Waals surface area contributed by atoms with Crippen LogP contribution in [0.2, 0.25) is 5.28 Å². The summed E-state index contributed by atoms with van der Waals surface area (Å²) in [7, 11) is 0. The zero-order chi connectivity index (χ0) is 13.9. The molecule has 3 heterocycles. The zero-order valence-corrected chi connectivity index (χ0v) is 10.7. The molecule has 0 bridgehead atoms. The molecule has 0 aromatic carbocycles. The van der Waals surface area contributed by atoms with Crippen molar-refractivity contribution in [1.82, 2.24) is 29.5 Å². The van der Waals surface area contributed by atoms with Crippen molar-refractivity contribution in [3.63, 3.8) is 0 Å². The maximum atomic E-state index is 8.89. The molecule has 0 radical (unpaired) electrons. The summed E-state index contributed by atoms with van der Waals surface area (Å²) < 4.78 is 1.61. The Kier molecular flexibility index (Phi) is 3.07. The highest BCUT2D eigenvalue weighted by Gasteiger charge is 2.09. The smallest absolute Gasteiger partial charge is 0.239 e. The van der Waals surface area contributed by atoms with Gasteiger partial charge >= 0.3 is 0 Å². The van der Waals surface area contributed by atoms with Gasteiger partial charge in [0.1, 0.15) is 12.4 Å². The number of imidazole rings is 1. The molecule has 0 aliphatic heterocycles. The highest BCUT2D eigenvalue weighted by Crippen LogP contribution is 2.17. The highest BCUT2D eigenvalue weighted by molar-refractivity contribution is 6.28. The van der Waals surface area contributed by atoms with E-state index in [4.69, 9.17) is 16.9 Å². The van der Waals surface area contributed by atoms with Gasteiger partial charge < -0.3 is 0 Å². The number of pyridine rings is 1. The predicted molar refractivity (Wildman–Crippen MR) is 69.9 cm³/mol. The van der Waals surface area contributed by atoms with E-state index in [1.54, 1.807) is 35.6 Å². The fourth-order valence-corrected chi connectivity index (χ4v) is 1.74. The third-order valence-electron chi connectivity index (χ3n) is 2.46. The van der Waals surface area contributed by atoms with Crippen LogP contribution in [0, 0.1) is 11.3 Å². The second-order valence-corrected chi connectivity index (χ2v) is 4.11. The summed E-state index contributed by atoms with van der Waals surface area (Å²) in [6.45, 7) is 0. The van der Waals surface area contributed by atoms with Crippen molar-refractivity contribution in [2.75, 3.05) is 0 Å². The standard InChI is InChI=1S/C12H6ClN7/c13-11-17-10(9-3-8(4-14)5-16-6-9)18-12(19-11)20-2-1-15-7-20/h1-3,5-7H. The van der Waals surface area contributed by atoms with Gasteiger partial charge in [0.25, 0.3) is 0 Å². The molecule has 0 spiro atoms. The van der Waals surface area contributed by atoms with Crippen molar-refractivity contribution in [1.29, 1.82) is 5.26 Å². The summed E-state index contributed by atoms with van der Waals surface area (Å²) in [6.07, 6.45) is 7.88. The Morgan fingerprint density at radius 2 is 2.05 bits per heavy atom. The lowest BCUT2D eigenvalue weighted by atomic mass is 10.2. The lowest BCUT2D eigenvalue weighted by molar-refractivity contribution is 0.899. The quantitative estimate of drug-likeness (QED) is 0.710. The average Bonchev–Trinajstić information content (AvgIpc) is 3.01. The van der Waals surface area contributed by atoms with E-state index in [-0.39, 0.29) is 5.28 Å². The van der Waals surface area contributed by atoms with E-state index < -0.39 is 0 Å². The normalized spacial score (nSPS) is 10.2. The Balaban J connectivity index is 2.12. The molecule has 0 atom stereocenters. The maximum Gasteiger partial charge on any atom is 0.239 e. The van der Waals surface area contributed by atoms with Crippen LogP contribution in [-0.2, 0) is 0 Å². The lowest BCUT2D eigenvalue weighted by Gasteiger charge is -2.04. The van der Waals surface area contributed by atoms with Crippen molar-refractivity contribution in [2.24, 2.45) is 0 Å². The minimum atomic E-state index is 0.0565. The molecule has 0 aliphatic carbocycles. The molecule has 0 unspecified atom stereocenters. The summed E-state index contributed by atoms with van der Waals surface area (Å²) in [6, 6.07) is 3.65. The van der Waals surface area contributed by atoms with Gasteiger partial charge in [0.15, 0.2) is 5.82 Å². The minimum absolute atomic E-state index is 0.0565.